The fourth-order valence-electron chi connectivity index (χ4n) is 3.41. The van der Waals surface area contributed by atoms with Gasteiger partial charge in [0.2, 0.25) is 0 Å². The number of nitrogens with one attached hydrogen (secondary N) is 2. The predicted molar refractivity (Wildman–Crippen MR) is 106 cm³/mol. The van der Waals surface area contributed by atoms with Crippen molar-refractivity contribution in [2.75, 3.05) is 38.7 Å². The number of pyridine rings is 1. The third-order valence-corrected chi connectivity index (χ3v) is 4.84. The van der Waals surface area contributed by atoms with Gasteiger partial charge in [-0.1, -0.05) is 0 Å². The molecule has 7 nitrogen and oxygen atoms in total. The lowest BCUT2D eigenvalue weighted by atomic mass is 10.2. The number of rotatable bonds is 8. The maximum atomic E-state index is 5.89. The van der Waals surface area contributed by atoms with Crippen molar-refractivity contribution in [3.63, 3.8) is 0 Å². The number of anilines is 2. The van der Waals surface area contributed by atoms with Crippen LogP contribution in [-0.2, 0) is 0 Å². The third-order valence-electron chi connectivity index (χ3n) is 4.84. The van der Waals surface area contributed by atoms with Crippen molar-refractivity contribution in [1.82, 2.24) is 20.1 Å². The molecule has 0 atom stereocenters. The van der Waals surface area contributed by atoms with Gasteiger partial charge in [0.25, 0.3) is 0 Å². The molecule has 2 aromatic heterocycles. The molecule has 1 aromatic carbocycles. The van der Waals surface area contributed by atoms with E-state index in [1.807, 2.05) is 24.3 Å². The molecule has 3 aromatic rings. The highest BCUT2D eigenvalue weighted by molar-refractivity contribution is 5.82. The van der Waals surface area contributed by atoms with Crippen molar-refractivity contribution in [3.8, 4) is 11.5 Å². The maximum Gasteiger partial charge on any atom is 0.179 e. The van der Waals surface area contributed by atoms with Gasteiger partial charge < -0.3 is 19.7 Å². The summed E-state index contributed by atoms with van der Waals surface area (Å²) in [6.07, 6.45) is 7.16. The second kappa shape index (κ2) is 8.26. The Bertz CT molecular complexity index is 889. The molecule has 1 aliphatic rings. The first-order valence-electron chi connectivity index (χ1n) is 9.41. The molecule has 2 N–H and O–H groups in total. The Morgan fingerprint density at radius 2 is 2.04 bits per heavy atom. The van der Waals surface area contributed by atoms with Gasteiger partial charge in [-0.15, -0.1) is 0 Å². The van der Waals surface area contributed by atoms with E-state index in [-0.39, 0.29) is 0 Å². The van der Waals surface area contributed by atoms with Crippen LogP contribution in [0.25, 0.3) is 10.9 Å². The summed E-state index contributed by atoms with van der Waals surface area (Å²) < 4.78 is 11.4. The lowest BCUT2D eigenvalue weighted by molar-refractivity contribution is 0.253. The van der Waals surface area contributed by atoms with Gasteiger partial charge in [0, 0.05) is 23.7 Å². The van der Waals surface area contributed by atoms with Gasteiger partial charge in [0.15, 0.2) is 11.5 Å². The molecule has 0 amide bonds. The van der Waals surface area contributed by atoms with Crippen LogP contribution in [0.15, 0.2) is 36.7 Å². The molecule has 0 spiro atoms. The van der Waals surface area contributed by atoms with E-state index in [1.54, 1.807) is 19.5 Å². The maximum absolute atomic E-state index is 5.89. The predicted octanol–water partition coefficient (Wildman–Crippen LogP) is 3.57. The van der Waals surface area contributed by atoms with E-state index >= 15 is 0 Å². The lowest BCUT2D eigenvalue weighted by Gasteiger charge is -2.15. The highest BCUT2D eigenvalue weighted by Crippen LogP contribution is 2.30. The number of hydrogen-bond acceptors (Lipinski definition) is 6. The molecule has 3 heterocycles. The van der Waals surface area contributed by atoms with Crippen LogP contribution in [0.1, 0.15) is 19.3 Å². The Hall–Kier alpha value is -2.80. The molecule has 0 aliphatic carbocycles. The minimum atomic E-state index is 0.665. The zero-order valence-corrected chi connectivity index (χ0v) is 15.6. The number of aromatic amines is 1. The fourth-order valence-corrected chi connectivity index (χ4v) is 3.41. The Morgan fingerprint density at radius 3 is 2.89 bits per heavy atom. The summed E-state index contributed by atoms with van der Waals surface area (Å²) in [7, 11) is 1.65. The van der Waals surface area contributed by atoms with E-state index in [9.17, 15) is 0 Å². The number of methoxy groups -OCH3 is 1. The normalized spacial score (nSPS) is 14.6. The smallest absolute Gasteiger partial charge is 0.179 e. The van der Waals surface area contributed by atoms with E-state index in [2.05, 4.69) is 25.4 Å². The van der Waals surface area contributed by atoms with E-state index < -0.39 is 0 Å². The van der Waals surface area contributed by atoms with E-state index in [0.29, 0.717) is 23.9 Å². The molecule has 0 saturated carbocycles. The number of benzene rings is 1. The molecule has 0 unspecified atom stereocenters. The zero-order valence-electron chi connectivity index (χ0n) is 15.6. The Kier molecular flexibility index (Phi) is 5.39. The van der Waals surface area contributed by atoms with Gasteiger partial charge in [0.05, 0.1) is 31.6 Å². The van der Waals surface area contributed by atoms with Gasteiger partial charge in [0.1, 0.15) is 5.82 Å². The summed E-state index contributed by atoms with van der Waals surface area (Å²) in [5, 5.41) is 11.3. The monoisotopic (exact) mass is 367 g/mol. The van der Waals surface area contributed by atoms with Crippen LogP contribution in [0.2, 0.25) is 0 Å². The van der Waals surface area contributed by atoms with E-state index in [0.717, 1.165) is 29.6 Å². The van der Waals surface area contributed by atoms with Crippen LogP contribution in [0, 0.1) is 0 Å². The first-order valence-corrected chi connectivity index (χ1v) is 9.41. The van der Waals surface area contributed by atoms with Crippen molar-refractivity contribution < 1.29 is 9.47 Å². The van der Waals surface area contributed by atoms with Crippen LogP contribution in [0.4, 0.5) is 11.5 Å². The second-order valence-electron chi connectivity index (χ2n) is 6.77. The fraction of sp³-hybridized carbons (Fsp3) is 0.400. The molecule has 4 rings (SSSR count). The third kappa shape index (κ3) is 4.31. The highest BCUT2D eigenvalue weighted by Gasteiger charge is 2.12. The first kappa shape index (κ1) is 17.6. The van der Waals surface area contributed by atoms with Crippen LogP contribution in [0.5, 0.6) is 11.5 Å². The highest BCUT2D eigenvalue weighted by atomic mass is 16.5. The van der Waals surface area contributed by atoms with Crippen molar-refractivity contribution >= 4 is 22.4 Å². The molecular formula is C20H25N5O2. The standard InChI is InChI=1S/C20H25N5O2/c1-26-18-12-20(23-16-5-6-17-15(11-16)13-22-24-17)21-14-19(18)27-10-4-9-25-7-2-3-8-25/h5-6,11-14H,2-4,7-10H2,1H3,(H,21,23)(H,22,24). The van der Waals surface area contributed by atoms with Gasteiger partial charge in [-0.3, -0.25) is 5.10 Å². The van der Waals surface area contributed by atoms with Crippen LogP contribution in [-0.4, -0.2) is 53.4 Å². The Morgan fingerprint density at radius 1 is 1.15 bits per heavy atom. The van der Waals surface area contributed by atoms with Crippen LogP contribution in [0.3, 0.4) is 0 Å². The SMILES string of the molecule is COc1cc(Nc2ccc3[nH]ncc3c2)ncc1OCCCN1CCCC1. The average Bonchev–Trinajstić information content (AvgIpc) is 3.37. The number of hydrogen-bond donors (Lipinski definition) is 2. The molecule has 1 fully saturated rings. The van der Waals surface area contributed by atoms with E-state index in [1.165, 1.54) is 25.9 Å². The summed E-state index contributed by atoms with van der Waals surface area (Å²) >= 11 is 0. The molecule has 1 saturated heterocycles. The van der Waals surface area contributed by atoms with Gasteiger partial charge >= 0.3 is 0 Å². The van der Waals surface area contributed by atoms with E-state index in [4.69, 9.17) is 9.47 Å². The van der Waals surface area contributed by atoms with Gasteiger partial charge in [-0.2, -0.15) is 5.10 Å². The molecular weight excluding hydrogens is 342 g/mol. The molecule has 0 radical (unpaired) electrons. The minimum Gasteiger partial charge on any atom is -0.493 e. The topological polar surface area (TPSA) is 75.3 Å². The minimum absolute atomic E-state index is 0.665. The van der Waals surface area contributed by atoms with Crippen LogP contribution >= 0.6 is 0 Å². The number of aromatic nitrogens is 3. The summed E-state index contributed by atoms with van der Waals surface area (Å²) in [4.78, 5) is 6.95. The first-order chi connectivity index (χ1) is 13.3. The van der Waals surface area contributed by atoms with Crippen molar-refractivity contribution in [2.45, 2.75) is 19.3 Å². The summed E-state index contributed by atoms with van der Waals surface area (Å²) in [5.74, 6) is 2.06. The summed E-state index contributed by atoms with van der Waals surface area (Å²) in [5.41, 5.74) is 1.95. The quantitative estimate of drug-likeness (QED) is 0.593. The van der Waals surface area contributed by atoms with Gasteiger partial charge in [-0.25, -0.2) is 4.98 Å². The summed E-state index contributed by atoms with van der Waals surface area (Å²) in [6.45, 7) is 4.19. The summed E-state index contributed by atoms with van der Waals surface area (Å²) in [6, 6.07) is 7.85. The van der Waals surface area contributed by atoms with Crippen molar-refractivity contribution in [1.29, 1.82) is 0 Å². The molecule has 0 bridgehead atoms. The number of nitrogens with zero attached hydrogens (tertiary/aromatic N) is 3. The number of ether oxygens (including phenoxy) is 2. The number of fused-ring (bicyclic) bond motifs is 1. The average molecular weight is 367 g/mol. The molecule has 27 heavy (non-hydrogen) atoms. The van der Waals surface area contributed by atoms with Gasteiger partial charge in [-0.05, 0) is 50.6 Å². The van der Waals surface area contributed by atoms with Crippen molar-refractivity contribution in [3.05, 3.63) is 36.7 Å². The molecule has 142 valence electrons. The Labute approximate surface area is 158 Å². The van der Waals surface area contributed by atoms with Crippen LogP contribution < -0.4 is 14.8 Å². The number of likely N-dealkylation sites (tertiary alicyclic amines) is 1. The zero-order chi connectivity index (χ0) is 18.5. The largest absolute Gasteiger partial charge is 0.493 e. The Balaban J connectivity index is 1.36. The number of H-pyrrole nitrogens is 1. The van der Waals surface area contributed by atoms with Crippen molar-refractivity contribution in [2.24, 2.45) is 0 Å². The molecule has 1 aliphatic heterocycles. The molecule has 7 heteroatoms. The second-order valence-corrected chi connectivity index (χ2v) is 6.77. The lowest BCUT2D eigenvalue weighted by Crippen LogP contribution is -2.21.